The average molecular weight is 429 g/mol. The molecule has 1 atom stereocenters. The summed E-state index contributed by atoms with van der Waals surface area (Å²) in [6.07, 6.45) is 4.09. The molecule has 1 aliphatic heterocycles. The third-order valence-corrected chi connectivity index (χ3v) is 6.33. The minimum atomic E-state index is -0.128. The van der Waals surface area contributed by atoms with E-state index in [4.69, 9.17) is 21.1 Å². The third-order valence-electron chi connectivity index (χ3n) is 4.84. The molecule has 3 aromatic rings. The lowest BCUT2D eigenvalue weighted by atomic mass is 10.1. The fourth-order valence-corrected chi connectivity index (χ4v) is 4.39. The Morgan fingerprint density at radius 3 is 2.90 bits per heavy atom. The Hall–Kier alpha value is -2.57. The molecule has 0 N–H and O–H groups in total. The number of ether oxygens (including phenoxy) is 2. The molecule has 0 aliphatic carbocycles. The number of halogens is 1. The van der Waals surface area contributed by atoms with Crippen molar-refractivity contribution in [2.75, 3.05) is 20.3 Å². The molecular weight excluding hydrogens is 408 g/mol. The summed E-state index contributed by atoms with van der Waals surface area (Å²) < 4.78 is 12.5. The maximum absolute atomic E-state index is 12.7. The molecule has 1 amide bonds. The second-order valence-electron chi connectivity index (χ2n) is 6.86. The van der Waals surface area contributed by atoms with Gasteiger partial charge in [-0.25, -0.2) is 4.98 Å². The molecule has 0 bridgehead atoms. The third kappa shape index (κ3) is 4.23. The Kier molecular flexibility index (Phi) is 5.74. The largest absolute Gasteiger partial charge is 0.489 e. The molecule has 29 heavy (non-hydrogen) atoms. The first-order valence-electron chi connectivity index (χ1n) is 9.42. The summed E-state index contributed by atoms with van der Waals surface area (Å²) in [5, 5.41) is 1.39. The number of carbonyl (C=O) groups excluding carboxylic acids is 1. The van der Waals surface area contributed by atoms with E-state index in [0.29, 0.717) is 29.7 Å². The summed E-state index contributed by atoms with van der Waals surface area (Å²) in [6.45, 7) is 3.14. The minimum absolute atomic E-state index is 0.111. The van der Waals surface area contributed by atoms with E-state index in [9.17, 15) is 4.79 Å². The number of hydrogen-bond acceptors (Lipinski definition) is 5. The monoisotopic (exact) mass is 428 g/mol. The molecule has 0 saturated heterocycles. The second kappa shape index (κ2) is 8.43. The van der Waals surface area contributed by atoms with Crippen LogP contribution >= 0.6 is 22.9 Å². The van der Waals surface area contributed by atoms with Crippen molar-refractivity contribution in [3.05, 3.63) is 58.1 Å². The fourth-order valence-electron chi connectivity index (χ4n) is 3.06. The molecule has 150 valence electrons. The van der Waals surface area contributed by atoms with Crippen molar-refractivity contribution in [1.29, 1.82) is 0 Å². The van der Waals surface area contributed by atoms with E-state index in [1.165, 1.54) is 0 Å². The number of fused-ring (bicyclic) bond motifs is 2. The van der Waals surface area contributed by atoms with Gasteiger partial charge in [0.15, 0.2) is 11.5 Å². The molecule has 7 heteroatoms. The van der Waals surface area contributed by atoms with Crippen LogP contribution in [0.2, 0.25) is 5.02 Å². The number of nitrogens with zero attached hydrogens (tertiary/aromatic N) is 2. The Morgan fingerprint density at radius 2 is 2.07 bits per heavy atom. The summed E-state index contributed by atoms with van der Waals surface area (Å²) in [6, 6.07) is 11.5. The molecule has 1 aliphatic rings. The van der Waals surface area contributed by atoms with Gasteiger partial charge in [-0.3, -0.25) is 4.79 Å². The van der Waals surface area contributed by atoms with Gasteiger partial charge in [0.25, 0.3) is 0 Å². The predicted molar refractivity (Wildman–Crippen MR) is 117 cm³/mol. The number of aromatic nitrogens is 1. The predicted octanol–water partition coefficient (Wildman–Crippen LogP) is 5.34. The molecule has 0 fully saturated rings. The summed E-state index contributed by atoms with van der Waals surface area (Å²) >= 11 is 7.93. The van der Waals surface area contributed by atoms with E-state index in [2.05, 4.69) is 4.98 Å². The van der Waals surface area contributed by atoms with Crippen molar-refractivity contribution in [2.24, 2.45) is 0 Å². The van der Waals surface area contributed by atoms with Crippen LogP contribution in [0.3, 0.4) is 0 Å². The highest BCUT2D eigenvalue weighted by Crippen LogP contribution is 2.38. The smallest absolute Gasteiger partial charge is 0.246 e. The minimum Gasteiger partial charge on any atom is -0.489 e. The Morgan fingerprint density at radius 1 is 1.28 bits per heavy atom. The molecule has 5 nitrogen and oxygen atoms in total. The highest BCUT2D eigenvalue weighted by Gasteiger charge is 2.19. The van der Waals surface area contributed by atoms with Crippen LogP contribution in [0.15, 0.2) is 42.5 Å². The molecule has 0 spiro atoms. The molecule has 1 unspecified atom stereocenters. The van der Waals surface area contributed by atoms with Gasteiger partial charge in [-0.05, 0) is 42.8 Å². The molecule has 4 rings (SSSR count). The van der Waals surface area contributed by atoms with Crippen LogP contribution in [0.4, 0.5) is 0 Å². The molecule has 0 radical (unpaired) electrons. The van der Waals surface area contributed by atoms with Gasteiger partial charge < -0.3 is 14.4 Å². The van der Waals surface area contributed by atoms with Gasteiger partial charge in [0.1, 0.15) is 5.01 Å². The molecule has 2 aromatic carbocycles. The van der Waals surface area contributed by atoms with Crippen LogP contribution in [0.5, 0.6) is 11.5 Å². The van der Waals surface area contributed by atoms with E-state index in [1.807, 2.05) is 37.3 Å². The highest BCUT2D eigenvalue weighted by atomic mass is 35.5. The average Bonchev–Trinajstić information content (AvgIpc) is 3.01. The number of thiazole rings is 1. The van der Waals surface area contributed by atoms with Crippen LogP contribution in [-0.2, 0) is 4.79 Å². The maximum atomic E-state index is 12.7. The quantitative estimate of drug-likeness (QED) is 0.526. The van der Waals surface area contributed by atoms with Crippen LogP contribution in [0.25, 0.3) is 16.3 Å². The van der Waals surface area contributed by atoms with Crippen LogP contribution in [0, 0.1) is 0 Å². The zero-order valence-electron chi connectivity index (χ0n) is 16.2. The number of rotatable bonds is 4. The number of amides is 1. The van der Waals surface area contributed by atoms with Gasteiger partial charge in [0.05, 0.1) is 34.5 Å². The van der Waals surface area contributed by atoms with Crippen molar-refractivity contribution in [3.63, 3.8) is 0 Å². The summed E-state index contributed by atoms with van der Waals surface area (Å²) in [7, 11) is 1.78. The fraction of sp³-hybridized carbons (Fsp3) is 0.273. The Bertz CT molecular complexity index is 1050. The number of hydrogen-bond donors (Lipinski definition) is 0. The standard InChI is InChI=1S/C22H21ClN2O3S/c1-14(22-24-17-6-3-4-7-19(17)29-22)25(2)20(26)9-8-15-12-16(23)21-18(13-15)27-10-5-11-28-21/h3-4,6-9,12-14H,5,10-11H2,1-2H3/b9-8+. The van der Waals surface area contributed by atoms with Crippen LogP contribution < -0.4 is 9.47 Å². The van der Waals surface area contributed by atoms with Crippen LogP contribution in [-0.4, -0.2) is 36.1 Å². The number of carbonyl (C=O) groups is 1. The van der Waals surface area contributed by atoms with Crippen LogP contribution in [0.1, 0.15) is 30.0 Å². The normalized spacial score (nSPS) is 14.7. The van der Waals surface area contributed by atoms with Gasteiger partial charge in [0, 0.05) is 19.5 Å². The number of likely N-dealkylation sites (N-methyl/N-ethyl adjacent to an activating group) is 1. The molecule has 2 heterocycles. The Labute approximate surface area is 178 Å². The lowest BCUT2D eigenvalue weighted by Crippen LogP contribution is -2.27. The van der Waals surface area contributed by atoms with E-state index < -0.39 is 0 Å². The van der Waals surface area contributed by atoms with E-state index in [0.717, 1.165) is 27.2 Å². The van der Waals surface area contributed by atoms with Gasteiger partial charge in [-0.1, -0.05) is 23.7 Å². The molecular formula is C22H21ClN2O3S. The SMILES string of the molecule is CC(c1nc2ccccc2s1)N(C)C(=O)/C=C/c1cc(Cl)c2c(c1)OCCCO2. The lowest BCUT2D eigenvalue weighted by molar-refractivity contribution is -0.126. The van der Waals surface area contributed by atoms with Crippen molar-refractivity contribution in [2.45, 2.75) is 19.4 Å². The van der Waals surface area contributed by atoms with Crippen molar-refractivity contribution < 1.29 is 14.3 Å². The maximum Gasteiger partial charge on any atom is 0.246 e. The van der Waals surface area contributed by atoms with Gasteiger partial charge in [-0.2, -0.15) is 0 Å². The highest BCUT2D eigenvalue weighted by molar-refractivity contribution is 7.18. The van der Waals surface area contributed by atoms with Gasteiger partial charge >= 0.3 is 0 Å². The molecule has 1 aromatic heterocycles. The zero-order valence-corrected chi connectivity index (χ0v) is 17.8. The van der Waals surface area contributed by atoms with Gasteiger partial charge in [-0.15, -0.1) is 11.3 Å². The summed E-state index contributed by atoms with van der Waals surface area (Å²) in [4.78, 5) is 19.0. The summed E-state index contributed by atoms with van der Waals surface area (Å²) in [5.74, 6) is 1.06. The first-order valence-corrected chi connectivity index (χ1v) is 10.6. The first-order chi connectivity index (χ1) is 14.0. The summed E-state index contributed by atoms with van der Waals surface area (Å²) in [5.41, 5.74) is 1.74. The van der Waals surface area contributed by atoms with E-state index in [-0.39, 0.29) is 11.9 Å². The zero-order chi connectivity index (χ0) is 20.4. The van der Waals surface area contributed by atoms with E-state index in [1.54, 1.807) is 41.5 Å². The number of para-hydroxylation sites is 1. The second-order valence-corrected chi connectivity index (χ2v) is 8.33. The molecule has 0 saturated carbocycles. The van der Waals surface area contributed by atoms with E-state index >= 15 is 0 Å². The van der Waals surface area contributed by atoms with Crippen molar-refractivity contribution in [1.82, 2.24) is 9.88 Å². The van der Waals surface area contributed by atoms with Crippen molar-refractivity contribution >= 4 is 45.1 Å². The number of benzene rings is 2. The first kappa shape index (κ1) is 19.7. The van der Waals surface area contributed by atoms with Gasteiger partial charge in [0.2, 0.25) is 5.91 Å². The Balaban J connectivity index is 1.50. The lowest BCUT2D eigenvalue weighted by Gasteiger charge is -2.21. The topological polar surface area (TPSA) is 51.7 Å². The van der Waals surface area contributed by atoms with Crippen molar-refractivity contribution in [3.8, 4) is 11.5 Å².